The number of benzene rings is 1. The van der Waals surface area contributed by atoms with Crippen molar-refractivity contribution in [1.29, 1.82) is 0 Å². The number of carbonyl (C=O) groups excluding carboxylic acids is 2. The number of H-pyrrole nitrogens is 1. The van der Waals surface area contributed by atoms with Crippen LogP contribution in [-0.2, 0) is 11.3 Å². The van der Waals surface area contributed by atoms with E-state index in [2.05, 4.69) is 35.5 Å². The zero-order valence-electron chi connectivity index (χ0n) is 22.0. The SMILES string of the molecule is CCNC(=O)N1CCN(Cc2ccc(-c3cc(-c4ncccn4)c4nc(NC(=O)OCC)[nH]c4c3)cn2)CC1. The zero-order chi connectivity index (χ0) is 27.2. The smallest absolute Gasteiger partial charge is 0.413 e. The van der Waals surface area contributed by atoms with Gasteiger partial charge in [-0.3, -0.25) is 15.2 Å². The van der Waals surface area contributed by atoms with Crippen molar-refractivity contribution >= 4 is 29.1 Å². The molecule has 0 unspecified atom stereocenters. The second-order valence-electron chi connectivity index (χ2n) is 9.06. The van der Waals surface area contributed by atoms with Crippen LogP contribution in [-0.4, -0.2) is 86.2 Å². The van der Waals surface area contributed by atoms with E-state index in [-0.39, 0.29) is 18.6 Å². The molecular weight excluding hydrogens is 498 g/mol. The Balaban J connectivity index is 1.36. The van der Waals surface area contributed by atoms with Crippen molar-refractivity contribution in [1.82, 2.24) is 40.0 Å². The Morgan fingerprint density at radius 2 is 1.82 bits per heavy atom. The van der Waals surface area contributed by atoms with Crippen LogP contribution in [0.15, 0.2) is 48.9 Å². The lowest BCUT2D eigenvalue weighted by molar-refractivity contribution is 0.135. The Hall–Kier alpha value is -4.58. The van der Waals surface area contributed by atoms with Crippen LogP contribution >= 0.6 is 0 Å². The Morgan fingerprint density at radius 1 is 1.03 bits per heavy atom. The predicted octanol–water partition coefficient (Wildman–Crippen LogP) is 3.50. The van der Waals surface area contributed by atoms with Gasteiger partial charge in [-0.2, -0.15) is 0 Å². The van der Waals surface area contributed by atoms with Gasteiger partial charge >= 0.3 is 12.1 Å². The average Bonchev–Trinajstić information content (AvgIpc) is 3.36. The molecule has 0 aliphatic carbocycles. The van der Waals surface area contributed by atoms with Crippen molar-refractivity contribution in [2.45, 2.75) is 20.4 Å². The van der Waals surface area contributed by atoms with E-state index in [4.69, 9.17) is 9.72 Å². The summed E-state index contributed by atoms with van der Waals surface area (Å²) in [7, 11) is 0. The Bertz CT molecular complexity index is 1430. The van der Waals surface area contributed by atoms with Crippen LogP contribution in [0, 0.1) is 0 Å². The molecule has 0 bridgehead atoms. The molecule has 3 aromatic heterocycles. The number of nitrogens with zero attached hydrogens (tertiary/aromatic N) is 6. The minimum atomic E-state index is -0.584. The average molecular weight is 530 g/mol. The molecule has 0 spiro atoms. The third kappa shape index (κ3) is 6.12. The van der Waals surface area contributed by atoms with Gasteiger partial charge in [0, 0.05) is 69.0 Å². The molecular formula is C27H31N9O3. The maximum atomic E-state index is 12.1. The molecule has 4 heterocycles. The maximum Gasteiger partial charge on any atom is 0.413 e. The third-order valence-electron chi connectivity index (χ3n) is 6.42. The summed E-state index contributed by atoms with van der Waals surface area (Å²) in [5.41, 5.74) is 4.87. The molecule has 0 radical (unpaired) electrons. The largest absolute Gasteiger partial charge is 0.450 e. The minimum absolute atomic E-state index is 0.00192. The number of nitrogens with one attached hydrogen (secondary N) is 3. The van der Waals surface area contributed by atoms with Gasteiger partial charge in [0.25, 0.3) is 0 Å². The fourth-order valence-electron chi connectivity index (χ4n) is 4.51. The van der Waals surface area contributed by atoms with Gasteiger partial charge in [-0.05, 0) is 43.7 Å². The lowest BCUT2D eigenvalue weighted by Crippen LogP contribution is -2.51. The fourth-order valence-corrected chi connectivity index (χ4v) is 4.51. The van der Waals surface area contributed by atoms with E-state index in [1.54, 1.807) is 25.4 Å². The Kier molecular flexibility index (Phi) is 7.92. The van der Waals surface area contributed by atoms with Crippen LogP contribution in [0.5, 0.6) is 0 Å². The van der Waals surface area contributed by atoms with Gasteiger partial charge in [-0.25, -0.2) is 24.5 Å². The number of carbonyl (C=O) groups is 2. The molecule has 1 saturated heterocycles. The number of hydrogen-bond acceptors (Lipinski definition) is 8. The fraction of sp³-hybridized carbons (Fsp3) is 0.333. The number of piperazine rings is 1. The first-order valence-corrected chi connectivity index (χ1v) is 13.0. The Morgan fingerprint density at radius 3 is 2.51 bits per heavy atom. The van der Waals surface area contributed by atoms with Gasteiger partial charge in [-0.15, -0.1) is 0 Å². The summed E-state index contributed by atoms with van der Waals surface area (Å²) in [6.45, 7) is 8.28. The number of pyridine rings is 1. The molecule has 1 fully saturated rings. The number of rotatable bonds is 7. The van der Waals surface area contributed by atoms with Crippen molar-refractivity contribution in [2.75, 3.05) is 44.6 Å². The molecule has 3 amide bonds. The van der Waals surface area contributed by atoms with Crippen LogP contribution < -0.4 is 10.6 Å². The van der Waals surface area contributed by atoms with E-state index in [0.29, 0.717) is 31.0 Å². The van der Waals surface area contributed by atoms with E-state index in [0.717, 1.165) is 47.5 Å². The van der Waals surface area contributed by atoms with Gasteiger partial charge in [0.05, 0.1) is 17.8 Å². The van der Waals surface area contributed by atoms with Gasteiger partial charge in [0.1, 0.15) is 5.52 Å². The zero-order valence-corrected chi connectivity index (χ0v) is 22.0. The van der Waals surface area contributed by atoms with Crippen LogP contribution in [0.4, 0.5) is 15.5 Å². The first-order chi connectivity index (χ1) is 19.0. The minimum Gasteiger partial charge on any atom is -0.450 e. The van der Waals surface area contributed by atoms with Crippen molar-refractivity contribution in [3.8, 4) is 22.5 Å². The molecule has 39 heavy (non-hydrogen) atoms. The number of fused-ring (bicyclic) bond motifs is 1. The molecule has 12 heteroatoms. The summed E-state index contributed by atoms with van der Waals surface area (Å²) in [4.78, 5) is 49.4. The number of amides is 3. The van der Waals surface area contributed by atoms with Gasteiger partial charge in [0.15, 0.2) is 5.82 Å². The second-order valence-corrected chi connectivity index (χ2v) is 9.06. The van der Waals surface area contributed by atoms with Crippen LogP contribution in [0.25, 0.3) is 33.5 Å². The first kappa shape index (κ1) is 26.0. The third-order valence-corrected chi connectivity index (χ3v) is 6.42. The van der Waals surface area contributed by atoms with Crippen molar-refractivity contribution in [3.05, 3.63) is 54.6 Å². The molecule has 5 rings (SSSR count). The highest BCUT2D eigenvalue weighted by Crippen LogP contribution is 2.32. The summed E-state index contributed by atoms with van der Waals surface area (Å²) < 4.78 is 4.97. The summed E-state index contributed by atoms with van der Waals surface area (Å²) >= 11 is 0. The highest BCUT2D eigenvalue weighted by atomic mass is 16.5. The van der Waals surface area contributed by atoms with Crippen LogP contribution in [0.1, 0.15) is 19.5 Å². The number of aromatic nitrogens is 5. The highest BCUT2D eigenvalue weighted by molar-refractivity contribution is 5.96. The summed E-state index contributed by atoms with van der Waals surface area (Å²) in [6, 6.07) is 9.75. The molecule has 0 saturated carbocycles. The van der Waals surface area contributed by atoms with Crippen LogP contribution in [0.3, 0.4) is 0 Å². The quantitative estimate of drug-likeness (QED) is 0.330. The second kappa shape index (κ2) is 11.9. The lowest BCUT2D eigenvalue weighted by atomic mass is 10.0. The maximum absolute atomic E-state index is 12.1. The summed E-state index contributed by atoms with van der Waals surface area (Å²) in [5.74, 6) is 0.799. The first-order valence-electron chi connectivity index (χ1n) is 13.0. The standard InChI is InChI=1S/C27H31N9O3/c1-3-28-26(37)36-12-10-35(11-13-36)17-20-7-6-18(16-31-20)19-14-21(24-29-8-5-9-30-24)23-22(15-19)32-25(33-23)34-27(38)39-4-2/h5-9,14-16H,3-4,10-13,17H2,1-2H3,(H,28,37)(H2,32,33,34,38). The van der Waals surface area contributed by atoms with Gasteiger partial charge in [0.2, 0.25) is 5.95 Å². The molecule has 202 valence electrons. The molecule has 4 aromatic rings. The number of aromatic amines is 1. The lowest BCUT2D eigenvalue weighted by Gasteiger charge is -2.34. The van der Waals surface area contributed by atoms with E-state index in [1.807, 2.05) is 42.3 Å². The van der Waals surface area contributed by atoms with Gasteiger partial charge in [-0.1, -0.05) is 6.07 Å². The van der Waals surface area contributed by atoms with E-state index >= 15 is 0 Å². The molecule has 0 atom stereocenters. The van der Waals surface area contributed by atoms with Crippen molar-refractivity contribution in [2.24, 2.45) is 0 Å². The molecule has 12 nitrogen and oxygen atoms in total. The number of anilines is 1. The molecule has 1 aliphatic rings. The summed E-state index contributed by atoms with van der Waals surface area (Å²) in [5, 5.41) is 5.48. The number of imidazole rings is 1. The highest BCUT2D eigenvalue weighted by Gasteiger charge is 2.21. The van der Waals surface area contributed by atoms with Crippen molar-refractivity contribution in [3.63, 3.8) is 0 Å². The van der Waals surface area contributed by atoms with Gasteiger partial charge < -0.3 is 19.9 Å². The van der Waals surface area contributed by atoms with E-state index in [1.165, 1.54) is 0 Å². The Labute approximate surface area is 225 Å². The number of urea groups is 1. The molecule has 3 N–H and O–H groups in total. The van der Waals surface area contributed by atoms with E-state index in [9.17, 15) is 9.59 Å². The molecule has 1 aliphatic heterocycles. The van der Waals surface area contributed by atoms with E-state index < -0.39 is 6.09 Å². The topological polar surface area (TPSA) is 141 Å². The summed E-state index contributed by atoms with van der Waals surface area (Å²) in [6.07, 6.45) is 4.63. The number of ether oxygens (including phenoxy) is 1. The number of hydrogen-bond donors (Lipinski definition) is 3. The normalized spacial score (nSPS) is 13.8. The predicted molar refractivity (Wildman–Crippen MR) is 147 cm³/mol. The molecule has 1 aromatic carbocycles. The van der Waals surface area contributed by atoms with Crippen LogP contribution in [0.2, 0.25) is 0 Å². The van der Waals surface area contributed by atoms with Crippen molar-refractivity contribution < 1.29 is 14.3 Å². The monoisotopic (exact) mass is 529 g/mol.